The maximum absolute atomic E-state index is 11.3. The number of nitrogens with zero attached hydrogens (tertiary/aromatic N) is 2. The molecule has 0 saturated heterocycles. The third-order valence-corrected chi connectivity index (χ3v) is 5.15. The van der Waals surface area contributed by atoms with Gasteiger partial charge in [-0.05, 0) is 24.3 Å². The number of oxazole rings is 1. The van der Waals surface area contributed by atoms with Crippen LogP contribution in [-0.2, 0) is 10.0 Å². The lowest BCUT2D eigenvalue weighted by molar-refractivity contribution is -0.384. The van der Waals surface area contributed by atoms with Crippen LogP contribution in [0, 0.1) is 10.1 Å². The van der Waals surface area contributed by atoms with Gasteiger partial charge in [0, 0.05) is 18.4 Å². The molecule has 0 bridgehead atoms. The number of fused-ring (bicyclic) bond motifs is 1. The van der Waals surface area contributed by atoms with E-state index in [9.17, 15) is 18.5 Å². The fourth-order valence-corrected chi connectivity index (χ4v) is 3.45. The molecule has 1 heterocycles. The van der Waals surface area contributed by atoms with Crippen LogP contribution < -0.4 is 10.5 Å². The molecule has 0 radical (unpaired) electrons. The number of nitrogens with one attached hydrogen (secondary N) is 1. The summed E-state index contributed by atoms with van der Waals surface area (Å²) in [5.41, 5.74) is 1.30. The number of nitro groups is 1. The van der Waals surface area contributed by atoms with Crippen molar-refractivity contribution >= 4 is 44.3 Å². The predicted octanol–water partition coefficient (Wildman–Crippen LogP) is 2.59. The standard InChI is InChI=1S/C15H14N4O5S2/c16-26(22,23)10-5-6-11(13(9-10)19(20)21)17-7-8-25-15-18-12-3-1-2-4-14(12)24-15/h1-6,9,17H,7-8H2,(H2,16,22,23). The molecule has 0 aliphatic rings. The molecular formula is C15H14N4O5S2. The van der Waals surface area contributed by atoms with E-state index in [1.165, 1.54) is 23.9 Å². The minimum Gasteiger partial charge on any atom is -0.431 e. The van der Waals surface area contributed by atoms with Crippen molar-refractivity contribution in [1.82, 2.24) is 4.98 Å². The van der Waals surface area contributed by atoms with Crippen LogP contribution in [0.25, 0.3) is 11.1 Å². The second kappa shape index (κ2) is 7.32. The third kappa shape index (κ3) is 4.12. The van der Waals surface area contributed by atoms with Gasteiger partial charge in [-0.2, -0.15) is 0 Å². The monoisotopic (exact) mass is 394 g/mol. The van der Waals surface area contributed by atoms with Crippen molar-refractivity contribution in [3.63, 3.8) is 0 Å². The Morgan fingerprint density at radius 1 is 1.27 bits per heavy atom. The maximum Gasteiger partial charge on any atom is 0.293 e. The third-order valence-electron chi connectivity index (χ3n) is 3.41. The first kappa shape index (κ1) is 18.2. The number of nitrogens with two attached hydrogens (primary N) is 1. The summed E-state index contributed by atoms with van der Waals surface area (Å²) in [7, 11) is -4.01. The number of para-hydroxylation sites is 2. The molecule has 0 atom stereocenters. The largest absolute Gasteiger partial charge is 0.431 e. The Balaban J connectivity index is 1.64. The molecular weight excluding hydrogens is 380 g/mol. The molecule has 0 unspecified atom stereocenters. The number of nitro benzene ring substituents is 1. The SMILES string of the molecule is NS(=O)(=O)c1ccc(NCCSc2nc3ccccc3o2)c([N+](=O)[O-])c1. The highest BCUT2D eigenvalue weighted by Crippen LogP contribution is 2.28. The van der Waals surface area contributed by atoms with Gasteiger partial charge in [-0.25, -0.2) is 18.5 Å². The summed E-state index contributed by atoms with van der Waals surface area (Å²) in [4.78, 5) is 14.5. The number of hydrogen-bond donors (Lipinski definition) is 2. The molecule has 136 valence electrons. The normalized spacial score (nSPS) is 11.6. The Morgan fingerprint density at radius 2 is 2.04 bits per heavy atom. The zero-order valence-corrected chi connectivity index (χ0v) is 14.9. The molecule has 0 aliphatic carbocycles. The van der Waals surface area contributed by atoms with E-state index in [1.807, 2.05) is 24.3 Å². The highest BCUT2D eigenvalue weighted by Gasteiger charge is 2.18. The lowest BCUT2D eigenvalue weighted by Crippen LogP contribution is -2.13. The van der Waals surface area contributed by atoms with Crippen LogP contribution in [0.1, 0.15) is 0 Å². The summed E-state index contributed by atoms with van der Waals surface area (Å²) in [6.07, 6.45) is 0. The van der Waals surface area contributed by atoms with Crippen molar-refractivity contribution in [3.05, 3.63) is 52.6 Å². The highest BCUT2D eigenvalue weighted by atomic mass is 32.2. The molecule has 0 aliphatic heterocycles. The Morgan fingerprint density at radius 3 is 2.73 bits per heavy atom. The van der Waals surface area contributed by atoms with Crippen LogP contribution in [0.4, 0.5) is 11.4 Å². The van der Waals surface area contributed by atoms with Crippen LogP contribution >= 0.6 is 11.8 Å². The molecule has 0 fully saturated rings. The zero-order valence-electron chi connectivity index (χ0n) is 13.3. The number of thioether (sulfide) groups is 1. The average Bonchev–Trinajstić information content (AvgIpc) is 3.00. The van der Waals surface area contributed by atoms with Gasteiger partial charge in [-0.1, -0.05) is 23.9 Å². The molecule has 11 heteroatoms. The summed E-state index contributed by atoms with van der Waals surface area (Å²) < 4.78 is 28.2. The van der Waals surface area contributed by atoms with Gasteiger partial charge in [0.25, 0.3) is 10.9 Å². The van der Waals surface area contributed by atoms with Gasteiger partial charge in [0.1, 0.15) is 11.2 Å². The van der Waals surface area contributed by atoms with Crippen LogP contribution in [0.15, 0.2) is 57.0 Å². The average molecular weight is 394 g/mol. The second-order valence-electron chi connectivity index (χ2n) is 5.20. The van der Waals surface area contributed by atoms with Gasteiger partial charge in [0.05, 0.1) is 9.82 Å². The summed E-state index contributed by atoms with van der Waals surface area (Å²) in [6.45, 7) is 0.388. The minimum absolute atomic E-state index is 0.209. The van der Waals surface area contributed by atoms with E-state index in [0.717, 1.165) is 11.6 Å². The van der Waals surface area contributed by atoms with E-state index >= 15 is 0 Å². The van der Waals surface area contributed by atoms with Gasteiger partial charge >= 0.3 is 0 Å². The lowest BCUT2D eigenvalue weighted by Gasteiger charge is -2.07. The van der Waals surface area contributed by atoms with Crippen molar-refractivity contribution in [2.24, 2.45) is 5.14 Å². The number of hydrogen-bond acceptors (Lipinski definition) is 8. The van der Waals surface area contributed by atoms with Crippen LogP contribution in [0.2, 0.25) is 0 Å². The fraction of sp³-hybridized carbons (Fsp3) is 0.133. The first-order valence-electron chi connectivity index (χ1n) is 7.38. The summed E-state index contributed by atoms with van der Waals surface area (Å²) in [6, 6.07) is 10.9. The first-order chi connectivity index (χ1) is 12.3. The van der Waals surface area contributed by atoms with Crippen LogP contribution in [0.5, 0.6) is 0 Å². The molecule has 3 aromatic rings. The molecule has 0 spiro atoms. The molecule has 3 rings (SSSR count). The molecule has 26 heavy (non-hydrogen) atoms. The van der Waals surface area contributed by atoms with Crippen molar-refractivity contribution < 1.29 is 17.8 Å². The van der Waals surface area contributed by atoms with Gasteiger partial charge in [0.15, 0.2) is 5.58 Å². The Kier molecular flexibility index (Phi) is 5.11. The second-order valence-corrected chi connectivity index (χ2v) is 7.81. The van der Waals surface area contributed by atoms with Gasteiger partial charge in [0.2, 0.25) is 10.0 Å². The predicted molar refractivity (Wildman–Crippen MR) is 97.7 cm³/mol. The number of primary sulfonamides is 1. The fourth-order valence-electron chi connectivity index (χ4n) is 2.23. The van der Waals surface area contributed by atoms with Crippen LogP contribution in [-0.4, -0.2) is 30.6 Å². The van der Waals surface area contributed by atoms with E-state index in [2.05, 4.69) is 10.3 Å². The molecule has 0 amide bonds. The molecule has 3 N–H and O–H groups in total. The topological polar surface area (TPSA) is 141 Å². The molecule has 9 nitrogen and oxygen atoms in total. The highest BCUT2D eigenvalue weighted by molar-refractivity contribution is 7.99. The molecule has 1 aromatic heterocycles. The van der Waals surface area contributed by atoms with E-state index in [4.69, 9.17) is 9.56 Å². The van der Waals surface area contributed by atoms with Gasteiger partial charge in [-0.3, -0.25) is 10.1 Å². The smallest absolute Gasteiger partial charge is 0.293 e. The number of rotatable bonds is 7. The number of anilines is 1. The molecule has 2 aromatic carbocycles. The number of sulfonamides is 1. The van der Waals surface area contributed by atoms with E-state index in [1.54, 1.807) is 0 Å². The van der Waals surface area contributed by atoms with Crippen molar-refractivity contribution in [1.29, 1.82) is 0 Å². The van der Waals surface area contributed by atoms with Crippen molar-refractivity contribution in [2.75, 3.05) is 17.6 Å². The zero-order chi connectivity index (χ0) is 18.7. The number of benzene rings is 2. The van der Waals surface area contributed by atoms with Crippen molar-refractivity contribution in [2.45, 2.75) is 10.1 Å². The van der Waals surface area contributed by atoms with E-state index < -0.39 is 14.9 Å². The quantitative estimate of drug-likeness (QED) is 0.269. The summed E-state index contributed by atoms with van der Waals surface area (Å²) in [5, 5.41) is 19.6. The number of aromatic nitrogens is 1. The Hall–Kier alpha value is -2.63. The van der Waals surface area contributed by atoms with E-state index in [-0.39, 0.29) is 16.3 Å². The summed E-state index contributed by atoms with van der Waals surface area (Å²) in [5.74, 6) is 0.543. The van der Waals surface area contributed by atoms with Crippen LogP contribution in [0.3, 0.4) is 0 Å². The van der Waals surface area contributed by atoms with Crippen molar-refractivity contribution in [3.8, 4) is 0 Å². The Labute approximate surface area is 152 Å². The maximum atomic E-state index is 11.3. The summed E-state index contributed by atoms with van der Waals surface area (Å²) >= 11 is 1.36. The lowest BCUT2D eigenvalue weighted by atomic mass is 10.2. The first-order valence-corrected chi connectivity index (χ1v) is 9.91. The molecule has 0 saturated carbocycles. The van der Waals surface area contributed by atoms with E-state index in [0.29, 0.717) is 23.1 Å². The van der Waals surface area contributed by atoms with Gasteiger partial charge in [-0.15, -0.1) is 0 Å². The minimum atomic E-state index is -4.01. The Bertz CT molecular complexity index is 1030. The van der Waals surface area contributed by atoms with Gasteiger partial charge < -0.3 is 9.73 Å².